The van der Waals surface area contributed by atoms with Gasteiger partial charge in [0.05, 0.1) is 0 Å². The van der Waals surface area contributed by atoms with Crippen molar-refractivity contribution in [1.29, 1.82) is 0 Å². The first kappa shape index (κ1) is 26.0. The van der Waals surface area contributed by atoms with Crippen LogP contribution in [0.25, 0.3) is 0 Å². The molecule has 0 aromatic heterocycles. The summed E-state index contributed by atoms with van der Waals surface area (Å²) in [6.45, 7) is 18.6. The highest BCUT2D eigenvalue weighted by molar-refractivity contribution is 5.10. The van der Waals surface area contributed by atoms with E-state index >= 15 is 0 Å². The van der Waals surface area contributed by atoms with Crippen LogP contribution in [-0.4, -0.2) is 19.0 Å². The first-order valence-corrected chi connectivity index (χ1v) is 15.0. The maximum atomic E-state index is 6.29. The van der Waals surface area contributed by atoms with Gasteiger partial charge in [0.1, 0.15) is 0 Å². The van der Waals surface area contributed by atoms with Crippen molar-refractivity contribution in [2.45, 2.75) is 131 Å². The molecule has 4 rings (SSSR count). The largest absolute Gasteiger partial charge is 0.350 e. The predicted molar refractivity (Wildman–Crippen MR) is 139 cm³/mol. The Bertz CT molecular complexity index is 637. The summed E-state index contributed by atoms with van der Waals surface area (Å²) in [6.07, 6.45) is 16.7. The van der Waals surface area contributed by atoms with E-state index in [-0.39, 0.29) is 5.79 Å². The molecule has 0 saturated heterocycles. The number of hydrogen-bond acceptors (Lipinski definition) is 2. The van der Waals surface area contributed by atoms with Gasteiger partial charge in [-0.15, -0.1) is 0 Å². The zero-order chi connectivity index (χ0) is 23.9. The summed E-state index contributed by atoms with van der Waals surface area (Å²) >= 11 is 0. The second-order valence-corrected chi connectivity index (χ2v) is 13.7. The highest BCUT2D eigenvalue weighted by Crippen LogP contribution is 2.69. The normalized spacial score (nSPS) is 43.1. The molecule has 1 unspecified atom stereocenters. The topological polar surface area (TPSA) is 18.5 Å². The molecular formula is C31H56O2. The number of ether oxygens (including phenoxy) is 2. The molecular weight excluding hydrogens is 404 g/mol. The lowest BCUT2D eigenvalue weighted by Crippen LogP contribution is -2.57. The van der Waals surface area contributed by atoms with Crippen molar-refractivity contribution < 1.29 is 9.47 Å². The Balaban J connectivity index is 1.45. The van der Waals surface area contributed by atoms with Gasteiger partial charge in [-0.25, -0.2) is 0 Å². The molecule has 33 heavy (non-hydrogen) atoms. The fourth-order valence-electron chi connectivity index (χ4n) is 10.1. The summed E-state index contributed by atoms with van der Waals surface area (Å²) in [4.78, 5) is 0. The zero-order valence-corrected chi connectivity index (χ0v) is 23.3. The van der Waals surface area contributed by atoms with Crippen LogP contribution < -0.4 is 0 Å². The molecule has 2 nitrogen and oxygen atoms in total. The second kappa shape index (κ2) is 10.1. The van der Waals surface area contributed by atoms with Gasteiger partial charge in [0.2, 0.25) is 0 Å². The maximum Gasteiger partial charge on any atom is 0.168 e. The Morgan fingerprint density at radius 2 is 1.45 bits per heavy atom. The molecule has 4 aliphatic rings. The van der Waals surface area contributed by atoms with Gasteiger partial charge in [0.15, 0.2) is 5.79 Å². The minimum Gasteiger partial charge on any atom is -0.350 e. The van der Waals surface area contributed by atoms with Gasteiger partial charge < -0.3 is 9.47 Å². The van der Waals surface area contributed by atoms with Crippen LogP contribution in [0.3, 0.4) is 0 Å². The van der Waals surface area contributed by atoms with E-state index in [2.05, 4.69) is 48.5 Å². The minimum absolute atomic E-state index is 0.298. The van der Waals surface area contributed by atoms with Gasteiger partial charge in [-0.05, 0) is 111 Å². The van der Waals surface area contributed by atoms with Crippen LogP contribution in [0, 0.1) is 52.3 Å². The molecule has 4 aliphatic carbocycles. The molecule has 0 N–H and O–H groups in total. The molecule has 2 heteroatoms. The van der Waals surface area contributed by atoms with E-state index in [1.54, 1.807) is 0 Å². The molecule has 192 valence electrons. The average Bonchev–Trinajstić information content (AvgIpc) is 3.12. The molecule has 0 radical (unpaired) electrons. The molecule has 0 aromatic carbocycles. The summed E-state index contributed by atoms with van der Waals surface area (Å²) < 4.78 is 12.6. The second-order valence-electron chi connectivity index (χ2n) is 13.7. The number of hydrogen-bond donors (Lipinski definition) is 0. The maximum absolute atomic E-state index is 6.29. The van der Waals surface area contributed by atoms with Crippen molar-refractivity contribution in [3.05, 3.63) is 0 Å². The molecule has 0 spiro atoms. The van der Waals surface area contributed by atoms with Crippen molar-refractivity contribution in [1.82, 2.24) is 0 Å². The third kappa shape index (κ3) is 4.71. The van der Waals surface area contributed by atoms with E-state index in [4.69, 9.17) is 9.47 Å². The van der Waals surface area contributed by atoms with E-state index < -0.39 is 0 Å². The Morgan fingerprint density at radius 3 is 2.12 bits per heavy atom. The Kier molecular flexibility index (Phi) is 7.97. The first-order valence-electron chi connectivity index (χ1n) is 15.0. The standard InChI is InChI=1S/C31H56O2/c1-8-32-31(33-9-2)20-19-29(6)24(21-31)13-14-25-27-16-15-26(23(5)12-10-11-22(3)4)30(27,7)18-17-28(25)29/h22-28H,8-21H2,1-7H3/t23-,24?,25+,26-,27+,28+,29+,30-/m1/s1. The molecule has 0 aliphatic heterocycles. The van der Waals surface area contributed by atoms with Crippen LogP contribution in [0.4, 0.5) is 0 Å². The van der Waals surface area contributed by atoms with E-state index in [0.29, 0.717) is 10.8 Å². The van der Waals surface area contributed by atoms with Gasteiger partial charge in [-0.3, -0.25) is 0 Å². The lowest BCUT2D eigenvalue weighted by atomic mass is 9.44. The SMILES string of the molecule is CCOC1(OCC)CC[C@@]2(C)C(CC[C@H]3[C@@H]4CC[C@H]([C@H](C)CCCC(C)C)[C@@]4(C)CC[C@@H]32)C1. The van der Waals surface area contributed by atoms with E-state index in [1.165, 1.54) is 64.2 Å². The van der Waals surface area contributed by atoms with Crippen molar-refractivity contribution in [3.8, 4) is 0 Å². The summed E-state index contributed by atoms with van der Waals surface area (Å²) in [5.41, 5.74) is 1.11. The predicted octanol–water partition coefficient (Wildman–Crippen LogP) is 8.88. The van der Waals surface area contributed by atoms with Gasteiger partial charge in [0, 0.05) is 26.1 Å². The van der Waals surface area contributed by atoms with Gasteiger partial charge >= 0.3 is 0 Å². The van der Waals surface area contributed by atoms with Crippen molar-refractivity contribution >= 4 is 0 Å². The third-order valence-electron chi connectivity index (χ3n) is 11.7. The van der Waals surface area contributed by atoms with Crippen molar-refractivity contribution in [2.75, 3.05) is 13.2 Å². The van der Waals surface area contributed by atoms with E-state index in [0.717, 1.165) is 67.5 Å². The molecule has 0 heterocycles. The number of rotatable bonds is 9. The highest BCUT2D eigenvalue weighted by Gasteiger charge is 2.62. The fourth-order valence-corrected chi connectivity index (χ4v) is 10.1. The molecule has 0 bridgehead atoms. The highest BCUT2D eigenvalue weighted by atomic mass is 16.7. The minimum atomic E-state index is -0.298. The lowest BCUT2D eigenvalue weighted by molar-refractivity contribution is -0.280. The monoisotopic (exact) mass is 460 g/mol. The van der Waals surface area contributed by atoms with Crippen LogP contribution in [0.15, 0.2) is 0 Å². The quantitative estimate of drug-likeness (QED) is 0.320. The van der Waals surface area contributed by atoms with Crippen molar-refractivity contribution in [3.63, 3.8) is 0 Å². The smallest absolute Gasteiger partial charge is 0.168 e. The van der Waals surface area contributed by atoms with E-state index in [9.17, 15) is 0 Å². The van der Waals surface area contributed by atoms with Crippen molar-refractivity contribution in [2.24, 2.45) is 52.3 Å². The molecule has 4 saturated carbocycles. The van der Waals surface area contributed by atoms with E-state index in [1.807, 2.05) is 0 Å². The molecule has 4 fully saturated rings. The molecule has 0 aromatic rings. The Labute approximate surface area is 206 Å². The van der Waals surface area contributed by atoms with Gasteiger partial charge in [-0.2, -0.15) is 0 Å². The lowest BCUT2D eigenvalue weighted by Gasteiger charge is -2.62. The summed E-state index contributed by atoms with van der Waals surface area (Å²) in [5, 5.41) is 0. The van der Waals surface area contributed by atoms with Gasteiger partial charge in [-0.1, -0.05) is 53.9 Å². The summed E-state index contributed by atoms with van der Waals surface area (Å²) in [6, 6.07) is 0. The fraction of sp³-hybridized carbons (Fsp3) is 1.00. The van der Waals surface area contributed by atoms with Crippen LogP contribution in [-0.2, 0) is 9.47 Å². The van der Waals surface area contributed by atoms with Crippen LogP contribution >= 0.6 is 0 Å². The van der Waals surface area contributed by atoms with Crippen LogP contribution in [0.2, 0.25) is 0 Å². The summed E-state index contributed by atoms with van der Waals surface area (Å²) in [5.74, 6) is 6.11. The third-order valence-corrected chi connectivity index (χ3v) is 11.7. The average molecular weight is 461 g/mol. The Morgan fingerprint density at radius 1 is 0.758 bits per heavy atom. The summed E-state index contributed by atoms with van der Waals surface area (Å²) in [7, 11) is 0. The van der Waals surface area contributed by atoms with Crippen LogP contribution in [0.1, 0.15) is 126 Å². The first-order chi connectivity index (χ1) is 15.7. The molecule has 0 amide bonds. The zero-order valence-electron chi connectivity index (χ0n) is 23.3. The molecule has 8 atom stereocenters. The van der Waals surface area contributed by atoms with Gasteiger partial charge in [0.25, 0.3) is 0 Å². The Hall–Kier alpha value is -0.0800. The van der Waals surface area contributed by atoms with Crippen LogP contribution in [0.5, 0.6) is 0 Å². The number of fused-ring (bicyclic) bond motifs is 5.